The van der Waals surface area contributed by atoms with Gasteiger partial charge in [0.1, 0.15) is 17.7 Å². The van der Waals surface area contributed by atoms with E-state index in [1.165, 1.54) is 6.07 Å². The van der Waals surface area contributed by atoms with Gasteiger partial charge in [-0.3, -0.25) is 14.5 Å². The lowest BCUT2D eigenvalue weighted by molar-refractivity contribution is -0.117. The fourth-order valence-electron chi connectivity index (χ4n) is 2.25. The third kappa shape index (κ3) is 3.13. The number of aryl methyl sites for hydroxylation is 1. The maximum Gasteiger partial charge on any atom is 0.263 e. The van der Waals surface area contributed by atoms with Gasteiger partial charge in [-0.2, -0.15) is 0 Å². The van der Waals surface area contributed by atoms with Crippen LogP contribution in [0.5, 0.6) is 0 Å². The number of aromatic nitrogens is 1. The van der Waals surface area contributed by atoms with E-state index in [0.29, 0.717) is 11.4 Å². The zero-order valence-corrected chi connectivity index (χ0v) is 14.0. The highest BCUT2D eigenvalue weighted by molar-refractivity contribution is 7.90. The number of hydrogen-bond acceptors (Lipinski definition) is 5. The first-order chi connectivity index (χ1) is 11.4. The predicted octanol–water partition coefficient (Wildman–Crippen LogP) is 1.46. The van der Waals surface area contributed by atoms with E-state index >= 15 is 0 Å². The summed E-state index contributed by atoms with van der Waals surface area (Å²) >= 11 is 0. The van der Waals surface area contributed by atoms with E-state index in [-0.39, 0.29) is 16.6 Å². The lowest BCUT2D eigenvalue weighted by Gasteiger charge is -2.09. The molecular formula is C16H16N4O3S. The SMILES string of the molecule is Cc1ccc(NC(=O)[C@H](C)N=C2NS(=O)(=O)c3ccccc32)nc1. The van der Waals surface area contributed by atoms with Gasteiger partial charge >= 0.3 is 0 Å². The zero-order valence-electron chi connectivity index (χ0n) is 13.1. The molecule has 124 valence electrons. The highest BCUT2D eigenvalue weighted by atomic mass is 32.2. The van der Waals surface area contributed by atoms with E-state index in [1.807, 2.05) is 13.0 Å². The normalized spacial score (nSPS) is 17.8. The number of fused-ring (bicyclic) bond motifs is 1. The van der Waals surface area contributed by atoms with Crippen LogP contribution in [0.15, 0.2) is 52.5 Å². The van der Waals surface area contributed by atoms with Gasteiger partial charge in [-0.05, 0) is 37.6 Å². The van der Waals surface area contributed by atoms with Crippen LogP contribution in [-0.2, 0) is 14.8 Å². The molecule has 0 spiro atoms. The number of nitrogens with one attached hydrogen (secondary N) is 2. The molecule has 1 atom stereocenters. The zero-order chi connectivity index (χ0) is 17.3. The second kappa shape index (κ2) is 6.04. The van der Waals surface area contributed by atoms with E-state index < -0.39 is 16.1 Å². The minimum absolute atomic E-state index is 0.163. The summed E-state index contributed by atoms with van der Waals surface area (Å²) in [7, 11) is -3.61. The molecule has 0 aliphatic carbocycles. The summed E-state index contributed by atoms with van der Waals surface area (Å²) in [6.07, 6.45) is 1.65. The van der Waals surface area contributed by atoms with Crippen molar-refractivity contribution in [2.45, 2.75) is 24.8 Å². The van der Waals surface area contributed by atoms with Crippen molar-refractivity contribution >= 4 is 27.6 Å². The summed E-state index contributed by atoms with van der Waals surface area (Å²) in [5.41, 5.74) is 1.45. The maximum atomic E-state index is 12.2. The molecule has 0 unspecified atom stereocenters. The lowest BCUT2D eigenvalue weighted by Crippen LogP contribution is -2.29. The Morgan fingerprint density at radius 1 is 1.25 bits per heavy atom. The van der Waals surface area contributed by atoms with Gasteiger partial charge in [-0.1, -0.05) is 18.2 Å². The number of hydrogen-bond donors (Lipinski definition) is 2. The molecule has 1 amide bonds. The molecule has 24 heavy (non-hydrogen) atoms. The standard InChI is InChI=1S/C16H16N4O3S/c1-10-7-8-14(17-9-10)19-16(21)11(2)18-15-12-5-3-4-6-13(12)24(22,23)20-15/h3-9,11H,1-2H3,(H,18,20)(H,17,19,21)/t11-/m0/s1. The number of pyridine rings is 1. The second-order valence-electron chi connectivity index (χ2n) is 5.47. The molecule has 1 aliphatic heterocycles. The Hall–Kier alpha value is -2.74. The summed E-state index contributed by atoms with van der Waals surface area (Å²) in [5.74, 6) is 0.220. The van der Waals surface area contributed by atoms with Gasteiger partial charge < -0.3 is 5.32 Å². The van der Waals surface area contributed by atoms with Crippen LogP contribution in [0, 0.1) is 6.92 Å². The lowest BCUT2D eigenvalue weighted by atomic mass is 10.2. The van der Waals surface area contributed by atoms with E-state index in [4.69, 9.17) is 0 Å². The van der Waals surface area contributed by atoms with E-state index in [9.17, 15) is 13.2 Å². The van der Waals surface area contributed by atoms with Gasteiger partial charge in [-0.25, -0.2) is 13.4 Å². The molecule has 8 heteroatoms. The number of amides is 1. The Labute approximate surface area is 139 Å². The molecule has 7 nitrogen and oxygen atoms in total. The number of benzene rings is 1. The van der Waals surface area contributed by atoms with E-state index in [0.717, 1.165) is 5.56 Å². The van der Waals surface area contributed by atoms with Crippen molar-refractivity contribution in [3.05, 3.63) is 53.7 Å². The summed E-state index contributed by atoms with van der Waals surface area (Å²) in [6.45, 7) is 3.49. The molecule has 0 fully saturated rings. The van der Waals surface area contributed by atoms with Crippen LogP contribution >= 0.6 is 0 Å². The molecule has 1 aromatic heterocycles. The van der Waals surface area contributed by atoms with Crippen molar-refractivity contribution in [3.8, 4) is 0 Å². The fourth-order valence-corrected chi connectivity index (χ4v) is 3.49. The van der Waals surface area contributed by atoms with Crippen LogP contribution in [0.2, 0.25) is 0 Å². The van der Waals surface area contributed by atoms with Gasteiger partial charge in [0.25, 0.3) is 10.0 Å². The number of nitrogens with zero attached hydrogens (tertiary/aromatic N) is 2. The van der Waals surface area contributed by atoms with Crippen LogP contribution in [0.4, 0.5) is 5.82 Å². The van der Waals surface area contributed by atoms with E-state index in [1.54, 1.807) is 37.4 Å². The first-order valence-corrected chi connectivity index (χ1v) is 8.79. The third-order valence-electron chi connectivity index (χ3n) is 3.53. The topological polar surface area (TPSA) is 101 Å². The summed E-state index contributed by atoms with van der Waals surface area (Å²) in [5, 5.41) is 2.65. The number of anilines is 1. The molecule has 0 saturated heterocycles. The molecule has 0 bridgehead atoms. The summed E-state index contributed by atoms with van der Waals surface area (Å²) in [6, 6.07) is 9.26. The van der Waals surface area contributed by atoms with Crippen molar-refractivity contribution in [2.24, 2.45) is 4.99 Å². The minimum Gasteiger partial charge on any atom is -0.309 e. The van der Waals surface area contributed by atoms with Crippen molar-refractivity contribution in [1.29, 1.82) is 0 Å². The van der Waals surface area contributed by atoms with Crippen LogP contribution < -0.4 is 10.0 Å². The molecule has 2 heterocycles. The summed E-state index contributed by atoms with van der Waals surface area (Å²) < 4.78 is 26.4. The van der Waals surface area contributed by atoms with Crippen LogP contribution in [-0.4, -0.2) is 31.2 Å². The molecule has 0 saturated carbocycles. The van der Waals surface area contributed by atoms with Crippen LogP contribution in [0.1, 0.15) is 18.1 Å². The van der Waals surface area contributed by atoms with Crippen molar-refractivity contribution in [3.63, 3.8) is 0 Å². The smallest absolute Gasteiger partial charge is 0.263 e. The number of sulfonamides is 1. The third-order valence-corrected chi connectivity index (χ3v) is 4.92. The second-order valence-corrected chi connectivity index (χ2v) is 7.12. The largest absolute Gasteiger partial charge is 0.309 e. The molecule has 2 N–H and O–H groups in total. The Morgan fingerprint density at radius 3 is 2.71 bits per heavy atom. The number of carbonyl (C=O) groups is 1. The Morgan fingerprint density at radius 2 is 2.00 bits per heavy atom. The van der Waals surface area contributed by atoms with Crippen molar-refractivity contribution in [1.82, 2.24) is 9.71 Å². The maximum absolute atomic E-state index is 12.2. The summed E-state index contributed by atoms with van der Waals surface area (Å²) in [4.78, 5) is 20.7. The molecule has 1 aliphatic rings. The van der Waals surface area contributed by atoms with Crippen LogP contribution in [0.25, 0.3) is 0 Å². The molecule has 0 radical (unpaired) electrons. The predicted molar refractivity (Wildman–Crippen MR) is 90.4 cm³/mol. The molecular weight excluding hydrogens is 328 g/mol. The Balaban J connectivity index is 1.81. The van der Waals surface area contributed by atoms with Gasteiger partial charge in [-0.15, -0.1) is 0 Å². The Kier molecular flexibility index (Phi) is 4.06. The highest BCUT2D eigenvalue weighted by Gasteiger charge is 2.31. The number of rotatable bonds is 3. The number of aliphatic imine (C=N–C) groups is 1. The highest BCUT2D eigenvalue weighted by Crippen LogP contribution is 2.22. The average Bonchev–Trinajstić information content (AvgIpc) is 2.81. The molecule has 2 aromatic rings. The van der Waals surface area contributed by atoms with Gasteiger partial charge in [0.15, 0.2) is 0 Å². The minimum atomic E-state index is -3.61. The Bertz CT molecular complexity index is 921. The van der Waals surface area contributed by atoms with Crippen molar-refractivity contribution < 1.29 is 13.2 Å². The average molecular weight is 344 g/mol. The number of carbonyl (C=O) groups excluding carboxylic acids is 1. The quantitative estimate of drug-likeness (QED) is 0.880. The number of amidine groups is 1. The van der Waals surface area contributed by atoms with E-state index in [2.05, 4.69) is 20.0 Å². The first-order valence-electron chi connectivity index (χ1n) is 7.30. The monoisotopic (exact) mass is 344 g/mol. The van der Waals surface area contributed by atoms with Gasteiger partial charge in [0.2, 0.25) is 5.91 Å². The molecule has 1 aromatic carbocycles. The van der Waals surface area contributed by atoms with Crippen LogP contribution in [0.3, 0.4) is 0 Å². The fraction of sp³-hybridized carbons (Fsp3) is 0.188. The van der Waals surface area contributed by atoms with Crippen molar-refractivity contribution in [2.75, 3.05) is 5.32 Å². The first kappa shape index (κ1) is 16.1. The van der Waals surface area contributed by atoms with Gasteiger partial charge in [0.05, 0.1) is 4.90 Å². The van der Waals surface area contributed by atoms with Gasteiger partial charge in [0, 0.05) is 11.8 Å². The molecule has 3 rings (SSSR count).